The normalized spacial score (nSPS) is 16.6. The third kappa shape index (κ3) is 17.7. The Bertz CT molecular complexity index is 359. The van der Waals surface area contributed by atoms with E-state index in [9.17, 15) is 4.79 Å². The number of aliphatic carboxylic acids is 1. The van der Waals surface area contributed by atoms with E-state index in [0.29, 0.717) is 5.57 Å². The second-order valence-electron chi connectivity index (χ2n) is 3.17. The van der Waals surface area contributed by atoms with Gasteiger partial charge in [-0.05, 0) is 13.3 Å². The molecular formula is C9H18N8O3. The third-order valence-corrected chi connectivity index (χ3v) is 1.68. The fourth-order valence-corrected chi connectivity index (χ4v) is 0.666. The van der Waals surface area contributed by atoms with Crippen LogP contribution in [0.1, 0.15) is 13.3 Å². The summed E-state index contributed by atoms with van der Waals surface area (Å²) < 4.78 is 4.90. The average Bonchev–Trinajstić information content (AvgIpc) is 3.23. The van der Waals surface area contributed by atoms with E-state index in [4.69, 9.17) is 20.9 Å². The molecule has 0 spiro atoms. The lowest BCUT2D eigenvalue weighted by atomic mass is 10.2. The van der Waals surface area contributed by atoms with E-state index in [-0.39, 0.29) is 6.10 Å². The molecule has 0 radical (unpaired) electrons. The van der Waals surface area contributed by atoms with Crippen molar-refractivity contribution in [1.29, 1.82) is 11.1 Å². The van der Waals surface area contributed by atoms with Crippen LogP contribution in [0, 0.1) is 11.1 Å². The van der Waals surface area contributed by atoms with Crippen molar-refractivity contribution in [2.24, 2.45) is 32.1 Å². The Hall–Kier alpha value is -2.69. The Balaban J connectivity index is 0. The largest absolute Gasteiger partial charge is 0.478 e. The fraction of sp³-hybridized carbons (Fsp3) is 0.444. The molecule has 0 aromatic heterocycles. The molecule has 7 N–H and O–H groups in total. The number of nitrogens with zero attached hydrogens (tertiary/aromatic N) is 4. The molecule has 1 unspecified atom stereocenters. The summed E-state index contributed by atoms with van der Waals surface area (Å²) in [6, 6.07) is 0. The molecule has 0 aromatic rings. The molecule has 112 valence electrons. The highest BCUT2D eigenvalue weighted by Gasteiger charge is 2.20. The van der Waals surface area contributed by atoms with Crippen LogP contribution in [0.3, 0.4) is 0 Å². The first-order valence-electron chi connectivity index (χ1n) is 5.21. The highest BCUT2D eigenvalue weighted by atomic mass is 16.6. The van der Waals surface area contributed by atoms with Crippen LogP contribution in [0.2, 0.25) is 0 Å². The van der Waals surface area contributed by atoms with Crippen molar-refractivity contribution >= 4 is 18.6 Å². The summed E-state index contributed by atoms with van der Waals surface area (Å²) in [6.45, 7) is 2.37. The molecule has 0 aliphatic carbocycles. The fourth-order valence-electron chi connectivity index (χ4n) is 0.666. The molecule has 1 aliphatic heterocycles. The summed E-state index contributed by atoms with van der Waals surface area (Å²) in [5, 5.41) is 19.5. The number of hydrogen-bond donors (Lipinski definition) is 5. The lowest BCUT2D eigenvalue weighted by Crippen LogP contribution is -1.96. The Morgan fingerprint density at radius 3 is 2.00 bits per heavy atom. The van der Waals surface area contributed by atoms with Crippen LogP contribution >= 0.6 is 0 Å². The monoisotopic (exact) mass is 286 g/mol. The quantitative estimate of drug-likeness (QED) is 0.0937. The highest BCUT2D eigenvalue weighted by Crippen LogP contribution is 2.14. The summed E-state index contributed by atoms with van der Waals surface area (Å²) in [7, 11) is 0. The maximum atomic E-state index is 10.2. The van der Waals surface area contributed by atoms with E-state index in [1.165, 1.54) is 0 Å². The minimum Gasteiger partial charge on any atom is -0.478 e. The summed E-state index contributed by atoms with van der Waals surface area (Å²) >= 11 is 0. The lowest BCUT2D eigenvalue weighted by molar-refractivity contribution is -0.132. The van der Waals surface area contributed by atoms with Gasteiger partial charge in [-0.1, -0.05) is 6.08 Å². The van der Waals surface area contributed by atoms with E-state index >= 15 is 0 Å². The summed E-state index contributed by atoms with van der Waals surface area (Å²) in [5.74, 6) is 8.14. The van der Waals surface area contributed by atoms with Crippen LogP contribution in [-0.2, 0) is 9.53 Å². The number of hydrogen-bond acceptors (Lipinski definition) is 8. The van der Waals surface area contributed by atoms with Crippen LogP contribution in [0.5, 0.6) is 0 Å². The molecule has 11 nitrogen and oxygen atoms in total. The van der Waals surface area contributed by atoms with E-state index in [1.54, 1.807) is 13.0 Å². The Morgan fingerprint density at radius 1 is 1.35 bits per heavy atom. The SMILES string of the molecule is CC(=CCC1CO1)C(=O)O.N=NC=NN.N=NC=NN. The first kappa shape index (κ1) is 19.6. The van der Waals surface area contributed by atoms with E-state index in [0.717, 1.165) is 25.7 Å². The van der Waals surface area contributed by atoms with Crippen molar-refractivity contribution in [3.8, 4) is 0 Å². The molecule has 1 fully saturated rings. The highest BCUT2D eigenvalue weighted by molar-refractivity contribution is 5.85. The van der Waals surface area contributed by atoms with Crippen molar-refractivity contribution in [2.75, 3.05) is 6.61 Å². The van der Waals surface area contributed by atoms with Gasteiger partial charge in [0.15, 0.2) is 12.7 Å². The maximum Gasteiger partial charge on any atom is 0.330 e. The van der Waals surface area contributed by atoms with Crippen LogP contribution in [-0.4, -0.2) is 36.5 Å². The molecule has 1 saturated heterocycles. The van der Waals surface area contributed by atoms with Crippen molar-refractivity contribution in [3.63, 3.8) is 0 Å². The van der Waals surface area contributed by atoms with Gasteiger partial charge >= 0.3 is 5.97 Å². The number of nitrogens with one attached hydrogen (secondary N) is 2. The smallest absolute Gasteiger partial charge is 0.330 e. The molecule has 1 atom stereocenters. The van der Waals surface area contributed by atoms with Gasteiger partial charge < -0.3 is 21.5 Å². The van der Waals surface area contributed by atoms with Gasteiger partial charge in [-0.15, -0.1) is 10.2 Å². The molecule has 0 amide bonds. The topological polar surface area (TPSA) is 199 Å². The first-order valence-corrected chi connectivity index (χ1v) is 5.21. The average molecular weight is 286 g/mol. The number of rotatable bonds is 5. The number of carboxylic acids is 1. The van der Waals surface area contributed by atoms with Gasteiger partial charge in [0.05, 0.1) is 12.7 Å². The number of epoxide rings is 1. The molecule has 0 bridgehead atoms. The molecule has 0 aromatic carbocycles. The maximum absolute atomic E-state index is 10.2. The predicted octanol–water partition coefficient (Wildman–Crippen LogP) is 0.645. The van der Waals surface area contributed by atoms with Crippen molar-refractivity contribution in [1.82, 2.24) is 0 Å². The number of hydrazone groups is 2. The number of ether oxygens (including phenoxy) is 1. The van der Waals surface area contributed by atoms with Gasteiger partial charge in [-0.3, -0.25) is 0 Å². The van der Waals surface area contributed by atoms with E-state index < -0.39 is 5.97 Å². The Labute approximate surface area is 115 Å². The Kier molecular flexibility index (Phi) is 14.1. The van der Waals surface area contributed by atoms with E-state index in [2.05, 4.69) is 32.1 Å². The van der Waals surface area contributed by atoms with Crippen LogP contribution in [0.15, 0.2) is 32.1 Å². The van der Waals surface area contributed by atoms with Crippen molar-refractivity contribution in [2.45, 2.75) is 19.4 Å². The molecule has 0 saturated carbocycles. The zero-order valence-corrected chi connectivity index (χ0v) is 10.9. The van der Waals surface area contributed by atoms with Crippen molar-refractivity contribution < 1.29 is 14.6 Å². The summed E-state index contributed by atoms with van der Waals surface area (Å²) in [4.78, 5) is 10.2. The zero-order valence-electron chi connectivity index (χ0n) is 10.9. The van der Waals surface area contributed by atoms with Gasteiger partial charge in [0, 0.05) is 5.57 Å². The minimum atomic E-state index is -0.847. The van der Waals surface area contributed by atoms with Crippen LogP contribution < -0.4 is 11.7 Å². The second-order valence-corrected chi connectivity index (χ2v) is 3.17. The molecular weight excluding hydrogens is 268 g/mol. The molecule has 11 heteroatoms. The summed E-state index contributed by atoms with van der Waals surface area (Å²) in [5.41, 5.74) is 12.4. The Morgan fingerprint density at radius 2 is 1.80 bits per heavy atom. The number of nitrogens with two attached hydrogens (primary N) is 2. The lowest BCUT2D eigenvalue weighted by Gasteiger charge is -1.89. The third-order valence-electron chi connectivity index (χ3n) is 1.68. The molecule has 20 heavy (non-hydrogen) atoms. The zero-order chi connectivity index (χ0) is 15.8. The first-order chi connectivity index (χ1) is 9.53. The van der Waals surface area contributed by atoms with Gasteiger partial charge in [-0.25, -0.2) is 15.9 Å². The second kappa shape index (κ2) is 14.4. The molecule has 1 aliphatic rings. The molecule has 1 heterocycles. The van der Waals surface area contributed by atoms with Crippen molar-refractivity contribution in [3.05, 3.63) is 11.6 Å². The molecule has 1 rings (SSSR count). The van der Waals surface area contributed by atoms with Crippen LogP contribution in [0.4, 0.5) is 0 Å². The van der Waals surface area contributed by atoms with Crippen LogP contribution in [0.25, 0.3) is 0 Å². The van der Waals surface area contributed by atoms with Gasteiger partial charge in [-0.2, -0.15) is 10.2 Å². The van der Waals surface area contributed by atoms with E-state index in [1.807, 2.05) is 0 Å². The van der Waals surface area contributed by atoms with Gasteiger partial charge in [0.25, 0.3) is 0 Å². The van der Waals surface area contributed by atoms with Gasteiger partial charge in [0.1, 0.15) is 0 Å². The number of carbonyl (C=O) groups is 1. The minimum absolute atomic E-state index is 0.286. The standard InChI is InChI=1S/C7H10O3.2CH4N4/c1-5(7(8)9)2-3-6-4-10-6;2*2-4-1-5-3/h2,6H,3-4H2,1H3,(H,8,9);2*1-2H,3H2. The van der Waals surface area contributed by atoms with Gasteiger partial charge in [0.2, 0.25) is 0 Å². The summed E-state index contributed by atoms with van der Waals surface area (Å²) in [6.07, 6.45) is 4.60. The predicted molar refractivity (Wildman–Crippen MR) is 71.4 cm³/mol. The number of carboxylic acid groups (broad SMARTS) is 1.